The van der Waals surface area contributed by atoms with E-state index in [4.69, 9.17) is 4.74 Å². The van der Waals surface area contributed by atoms with Crippen molar-refractivity contribution in [2.45, 2.75) is 25.8 Å². The summed E-state index contributed by atoms with van der Waals surface area (Å²) in [4.78, 5) is 15.4. The van der Waals surface area contributed by atoms with Crippen LogP contribution in [0.15, 0.2) is 17.5 Å². The Hall–Kier alpha value is -0.710. The van der Waals surface area contributed by atoms with E-state index in [9.17, 15) is 4.79 Å². The van der Waals surface area contributed by atoms with Crippen LogP contribution >= 0.6 is 11.3 Å². The molecule has 0 radical (unpaired) electrons. The van der Waals surface area contributed by atoms with Crippen LogP contribution in [0.1, 0.15) is 18.2 Å². The fourth-order valence-corrected chi connectivity index (χ4v) is 3.08. The van der Waals surface area contributed by atoms with E-state index in [-0.39, 0.29) is 5.92 Å². The maximum atomic E-state index is 11.8. The van der Waals surface area contributed by atoms with Gasteiger partial charge >= 0.3 is 0 Å². The lowest BCUT2D eigenvalue weighted by molar-refractivity contribution is -0.131. The van der Waals surface area contributed by atoms with Crippen LogP contribution in [0.4, 0.5) is 0 Å². The summed E-state index contributed by atoms with van der Waals surface area (Å²) in [7, 11) is 2.10. The quantitative estimate of drug-likeness (QED) is 0.819. The highest BCUT2D eigenvalue weighted by Gasteiger charge is 2.25. The zero-order chi connectivity index (χ0) is 13.0. The molecule has 0 amide bonds. The summed E-state index contributed by atoms with van der Waals surface area (Å²) in [6.45, 7) is 4.22. The monoisotopic (exact) mass is 267 g/mol. The second kappa shape index (κ2) is 6.45. The topological polar surface area (TPSA) is 29.5 Å². The summed E-state index contributed by atoms with van der Waals surface area (Å²) in [6, 6.07) is 4.72. The van der Waals surface area contributed by atoms with E-state index in [0.29, 0.717) is 31.5 Å². The van der Waals surface area contributed by atoms with Crippen molar-refractivity contribution in [1.29, 1.82) is 0 Å². The van der Waals surface area contributed by atoms with Gasteiger partial charge in [-0.05, 0) is 31.8 Å². The molecule has 4 heteroatoms. The van der Waals surface area contributed by atoms with Crippen LogP contribution in [-0.2, 0) is 16.0 Å². The van der Waals surface area contributed by atoms with Crippen molar-refractivity contribution in [1.82, 2.24) is 4.90 Å². The first-order chi connectivity index (χ1) is 8.66. The highest BCUT2D eigenvalue weighted by atomic mass is 32.1. The minimum absolute atomic E-state index is 0.0644. The van der Waals surface area contributed by atoms with Gasteiger partial charge in [0.15, 0.2) is 0 Å². The van der Waals surface area contributed by atoms with Crippen LogP contribution in [0.2, 0.25) is 0 Å². The third kappa shape index (κ3) is 3.64. The van der Waals surface area contributed by atoms with Gasteiger partial charge in [-0.3, -0.25) is 4.79 Å². The summed E-state index contributed by atoms with van der Waals surface area (Å²) in [5, 5.41) is 2.11. The van der Waals surface area contributed by atoms with Gasteiger partial charge in [0.05, 0.1) is 19.1 Å². The molecule has 0 saturated carbocycles. The lowest BCUT2D eigenvalue weighted by Crippen LogP contribution is -2.41. The van der Waals surface area contributed by atoms with E-state index < -0.39 is 0 Å². The molecule has 2 rings (SSSR count). The minimum Gasteiger partial charge on any atom is -0.380 e. The van der Waals surface area contributed by atoms with E-state index >= 15 is 0 Å². The Balaban J connectivity index is 1.82. The number of thiophene rings is 1. The van der Waals surface area contributed by atoms with E-state index in [2.05, 4.69) is 36.4 Å². The smallest absolute Gasteiger partial charge is 0.141 e. The summed E-state index contributed by atoms with van der Waals surface area (Å²) in [5.74, 6) is 0.422. The number of hydrogen-bond acceptors (Lipinski definition) is 4. The molecular weight excluding hydrogens is 246 g/mol. The van der Waals surface area contributed by atoms with Crippen molar-refractivity contribution in [3.8, 4) is 0 Å². The van der Waals surface area contributed by atoms with E-state index in [1.807, 2.05) is 0 Å². The molecule has 1 aromatic heterocycles. The summed E-state index contributed by atoms with van der Waals surface area (Å²) in [5.41, 5.74) is 0. The summed E-state index contributed by atoms with van der Waals surface area (Å²) < 4.78 is 5.39. The molecule has 1 aliphatic heterocycles. The van der Waals surface area contributed by atoms with Crippen LogP contribution < -0.4 is 0 Å². The fourth-order valence-electron chi connectivity index (χ4n) is 2.25. The molecule has 1 aliphatic rings. The number of rotatable bonds is 5. The van der Waals surface area contributed by atoms with Gasteiger partial charge in [0.25, 0.3) is 0 Å². The predicted molar refractivity (Wildman–Crippen MR) is 74.0 cm³/mol. The summed E-state index contributed by atoms with van der Waals surface area (Å²) >= 11 is 1.80. The van der Waals surface area contributed by atoms with Crippen LogP contribution in [0, 0.1) is 5.92 Å². The second-order valence-electron chi connectivity index (χ2n) is 5.06. The molecule has 1 saturated heterocycles. The van der Waals surface area contributed by atoms with Crippen molar-refractivity contribution in [3.63, 3.8) is 0 Å². The largest absolute Gasteiger partial charge is 0.380 e. The normalized spacial score (nSPS) is 22.4. The lowest BCUT2D eigenvalue weighted by Gasteiger charge is -2.30. The van der Waals surface area contributed by atoms with Crippen LogP contribution in [0.5, 0.6) is 0 Å². The highest BCUT2D eigenvalue weighted by molar-refractivity contribution is 7.09. The van der Waals surface area contributed by atoms with Crippen molar-refractivity contribution in [2.75, 3.05) is 26.8 Å². The highest BCUT2D eigenvalue weighted by Crippen LogP contribution is 2.16. The molecular formula is C14H21NO2S. The maximum Gasteiger partial charge on any atom is 0.141 e. The number of carbonyl (C=O) groups is 1. The van der Waals surface area contributed by atoms with Crippen molar-refractivity contribution in [2.24, 2.45) is 5.92 Å². The molecule has 2 unspecified atom stereocenters. The molecule has 18 heavy (non-hydrogen) atoms. The number of hydrogen-bond donors (Lipinski definition) is 0. The van der Waals surface area contributed by atoms with Crippen LogP contribution in [-0.4, -0.2) is 43.5 Å². The van der Waals surface area contributed by atoms with Gasteiger partial charge in [0, 0.05) is 23.9 Å². The molecule has 0 N–H and O–H groups in total. The van der Waals surface area contributed by atoms with Crippen molar-refractivity contribution < 1.29 is 9.53 Å². The summed E-state index contributed by atoms with van der Waals surface area (Å²) in [6.07, 6.45) is 1.63. The number of likely N-dealkylation sites (N-methyl/N-ethyl adjacent to an activating group) is 1. The third-order valence-corrected chi connectivity index (χ3v) is 4.50. The van der Waals surface area contributed by atoms with E-state index in [1.165, 1.54) is 4.88 Å². The SMILES string of the molecule is CC(Cc1cccs1)N(C)CC1COCCC1=O. The molecule has 100 valence electrons. The van der Waals surface area contributed by atoms with Crippen LogP contribution in [0.3, 0.4) is 0 Å². The average Bonchev–Trinajstić information content (AvgIpc) is 2.84. The van der Waals surface area contributed by atoms with Gasteiger partial charge in [0.1, 0.15) is 5.78 Å². The van der Waals surface area contributed by atoms with Crippen molar-refractivity contribution >= 4 is 17.1 Å². The van der Waals surface area contributed by atoms with Gasteiger partial charge in [0.2, 0.25) is 0 Å². The third-order valence-electron chi connectivity index (χ3n) is 3.60. The van der Waals surface area contributed by atoms with Gasteiger partial charge in [-0.1, -0.05) is 6.07 Å². The maximum absolute atomic E-state index is 11.8. The molecule has 0 bridgehead atoms. The molecule has 2 heterocycles. The number of carbonyl (C=O) groups excluding carboxylic acids is 1. The van der Waals surface area contributed by atoms with Gasteiger partial charge in [-0.15, -0.1) is 11.3 Å². The minimum atomic E-state index is 0.0644. The molecule has 0 aromatic carbocycles. The van der Waals surface area contributed by atoms with E-state index in [1.54, 1.807) is 11.3 Å². The predicted octanol–water partition coefficient (Wildman–Crippen LogP) is 2.22. The Morgan fingerprint density at radius 1 is 1.61 bits per heavy atom. The number of ether oxygens (including phenoxy) is 1. The standard InChI is InChI=1S/C14H21NO2S/c1-11(8-13-4-3-7-18-13)15(2)9-12-10-17-6-5-14(12)16/h3-4,7,11-12H,5-6,8-10H2,1-2H3. The second-order valence-corrected chi connectivity index (χ2v) is 6.09. The lowest BCUT2D eigenvalue weighted by atomic mass is 9.99. The zero-order valence-electron chi connectivity index (χ0n) is 11.1. The molecule has 1 aromatic rings. The first-order valence-corrected chi connectivity index (χ1v) is 7.38. The molecule has 3 nitrogen and oxygen atoms in total. The Morgan fingerprint density at radius 2 is 2.44 bits per heavy atom. The first kappa shape index (κ1) is 13.7. The van der Waals surface area contributed by atoms with Crippen molar-refractivity contribution in [3.05, 3.63) is 22.4 Å². The Morgan fingerprint density at radius 3 is 3.11 bits per heavy atom. The average molecular weight is 267 g/mol. The number of Topliss-reactive ketones (excluding diaryl/α,β-unsaturated/α-hetero) is 1. The fraction of sp³-hybridized carbons (Fsp3) is 0.643. The molecule has 2 atom stereocenters. The first-order valence-electron chi connectivity index (χ1n) is 6.50. The molecule has 1 fully saturated rings. The Labute approximate surface area is 113 Å². The molecule has 0 aliphatic carbocycles. The van der Waals surface area contributed by atoms with Gasteiger partial charge < -0.3 is 9.64 Å². The molecule has 0 spiro atoms. The van der Waals surface area contributed by atoms with Gasteiger partial charge in [-0.25, -0.2) is 0 Å². The van der Waals surface area contributed by atoms with Crippen LogP contribution in [0.25, 0.3) is 0 Å². The zero-order valence-corrected chi connectivity index (χ0v) is 11.9. The Kier molecular flexibility index (Phi) is 4.92. The Bertz CT molecular complexity index is 377. The van der Waals surface area contributed by atoms with E-state index in [0.717, 1.165) is 13.0 Å². The number of ketones is 1. The number of nitrogens with zero attached hydrogens (tertiary/aromatic N) is 1. The van der Waals surface area contributed by atoms with Gasteiger partial charge in [-0.2, -0.15) is 0 Å².